The number of hydrogen-bond donors (Lipinski definition) is 3. The molecule has 0 fully saturated rings. The van der Waals surface area contributed by atoms with E-state index in [9.17, 15) is 14.7 Å². The summed E-state index contributed by atoms with van der Waals surface area (Å²) in [6, 6.07) is 17.2. The van der Waals surface area contributed by atoms with Gasteiger partial charge in [0.05, 0.1) is 12.0 Å². The van der Waals surface area contributed by atoms with Gasteiger partial charge < -0.3 is 10.4 Å². The summed E-state index contributed by atoms with van der Waals surface area (Å²) in [5, 5.41) is 19.1. The molecular weight excluding hydrogens is 382 g/mol. The monoisotopic (exact) mass is 399 g/mol. The van der Waals surface area contributed by atoms with Crippen LogP contribution < -0.4 is 5.32 Å². The number of amides is 1. The van der Waals surface area contributed by atoms with Gasteiger partial charge in [-0.15, -0.1) is 0 Å². The molecule has 0 spiro atoms. The van der Waals surface area contributed by atoms with E-state index < -0.39 is 5.97 Å². The molecule has 2 heterocycles. The van der Waals surface area contributed by atoms with E-state index >= 15 is 0 Å². The molecule has 0 aliphatic carbocycles. The SMILES string of the molecule is O=C(Cc1ccccc1C(=O)O)Nc1ccc(-c2n[nH]c(-c3ccncc3)n2)cc1. The molecule has 0 atom stereocenters. The molecule has 1 amide bonds. The highest BCUT2D eigenvalue weighted by Crippen LogP contribution is 2.21. The number of carboxylic acids is 1. The quantitative estimate of drug-likeness (QED) is 0.457. The number of carbonyl (C=O) groups excluding carboxylic acids is 1. The van der Waals surface area contributed by atoms with Gasteiger partial charge >= 0.3 is 5.97 Å². The second-order valence-corrected chi connectivity index (χ2v) is 6.51. The molecule has 0 aliphatic heterocycles. The van der Waals surface area contributed by atoms with Gasteiger partial charge in [-0.25, -0.2) is 9.78 Å². The first-order valence-corrected chi connectivity index (χ1v) is 9.14. The molecule has 4 rings (SSSR count). The van der Waals surface area contributed by atoms with Crippen LogP contribution in [-0.2, 0) is 11.2 Å². The van der Waals surface area contributed by atoms with Crippen molar-refractivity contribution in [2.45, 2.75) is 6.42 Å². The van der Waals surface area contributed by atoms with E-state index in [1.54, 1.807) is 54.9 Å². The Morgan fingerprint density at radius 2 is 1.67 bits per heavy atom. The van der Waals surface area contributed by atoms with Crippen molar-refractivity contribution in [2.24, 2.45) is 0 Å². The Labute approximate surface area is 171 Å². The number of benzene rings is 2. The summed E-state index contributed by atoms with van der Waals surface area (Å²) in [5.41, 5.74) is 2.86. The van der Waals surface area contributed by atoms with Gasteiger partial charge in [0.25, 0.3) is 0 Å². The Kier molecular flexibility index (Phi) is 5.29. The fraction of sp³-hybridized carbons (Fsp3) is 0.0455. The molecule has 0 saturated heterocycles. The second-order valence-electron chi connectivity index (χ2n) is 6.51. The number of nitrogens with zero attached hydrogens (tertiary/aromatic N) is 3. The zero-order valence-electron chi connectivity index (χ0n) is 15.7. The number of rotatable bonds is 6. The number of carboxylic acid groups (broad SMARTS) is 1. The third kappa shape index (κ3) is 4.22. The molecule has 0 unspecified atom stereocenters. The Bertz CT molecular complexity index is 1190. The Morgan fingerprint density at radius 1 is 0.933 bits per heavy atom. The van der Waals surface area contributed by atoms with Crippen LogP contribution in [0.5, 0.6) is 0 Å². The van der Waals surface area contributed by atoms with Crippen LogP contribution in [0.2, 0.25) is 0 Å². The van der Waals surface area contributed by atoms with Crippen molar-refractivity contribution in [2.75, 3.05) is 5.32 Å². The Balaban J connectivity index is 1.44. The maximum absolute atomic E-state index is 12.3. The van der Waals surface area contributed by atoms with Gasteiger partial charge in [0.15, 0.2) is 11.6 Å². The van der Waals surface area contributed by atoms with E-state index in [-0.39, 0.29) is 17.9 Å². The van der Waals surface area contributed by atoms with Crippen LogP contribution in [-0.4, -0.2) is 37.1 Å². The Morgan fingerprint density at radius 3 is 2.40 bits per heavy atom. The summed E-state index contributed by atoms with van der Waals surface area (Å²) in [7, 11) is 0. The first-order chi connectivity index (χ1) is 14.6. The maximum atomic E-state index is 12.3. The number of H-pyrrole nitrogens is 1. The first kappa shape index (κ1) is 19.0. The largest absolute Gasteiger partial charge is 0.478 e. The van der Waals surface area contributed by atoms with Crippen molar-refractivity contribution in [1.82, 2.24) is 20.2 Å². The molecule has 2 aromatic heterocycles. The van der Waals surface area contributed by atoms with Crippen molar-refractivity contribution < 1.29 is 14.7 Å². The first-order valence-electron chi connectivity index (χ1n) is 9.14. The number of hydrogen-bond acceptors (Lipinski definition) is 5. The fourth-order valence-corrected chi connectivity index (χ4v) is 2.99. The summed E-state index contributed by atoms with van der Waals surface area (Å²) in [6.07, 6.45) is 3.34. The van der Waals surface area contributed by atoms with Crippen molar-refractivity contribution >= 4 is 17.6 Å². The number of aromatic amines is 1. The second kappa shape index (κ2) is 8.36. The van der Waals surface area contributed by atoms with Crippen LogP contribution in [0, 0.1) is 0 Å². The highest BCUT2D eigenvalue weighted by molar-refractivity contribution is 5.96. The summed E-state index contributed by atoms with van der Waals surface area (Å²) < 4.78 is 0. The lowest BCUT2D eigenvalue weighted by Crippen LogP contribution is -2.16. The minimum absolute atomic E-state index is 0.0273. The zero-order chi connectivity index (χ0) is 20.9. The summed E-state index contributed by atoms with van der Waals surface area (Å²) in [4.78, 5) is 32.1. The molecule has 8 heteroatoms. The van der Waals surface area contributed by atoms with Gasteiger partial charge in [-0.1, -0.05) is 18.2 Å². The molecule has 30 heavy (non-hydrogen) atoms. The topological polar surface area (TPSA) is 121 Å². The van der Waals surface area contributed by atoms with Crippen LogP contribution >= 0.6 is 0 Å². The summed E-state index contributed by atoms with van der Waals surface area (Å²) >= 11 is 0. The molecule has 148 valence electrons. The van der Waals surface area contributed by atoms with Crippen LogP contribution in [0.4, 0.5) is 5.69 Å². The summed E-state index contributed by atoms with van der Waals surface area (Å²) in [6.45, 7) is 0. The van der Waals surface area contributed by atoms with Crippen LogP contribution in [0.1, 0.15) is 15.9 Å². The number of pyridine rings is 1. The molecule has 0 saturated carbocycles. The van der Waals surface area contributed by atoms with Gasteiger partial charge in [-0.05, 0) is 48.0 Å². The van der Waals surface area contributed by atoms with Crippen LogP contribution in [0.3, 0.4) is 0 Å². The van der Waals surface area contributed by atoms with Crippen molar-refractivity contribution in [3.63, 3.8) is 0 Å². The highest BCUT2D eigenvalue weighted by Gasteiger charge is 2.13. The number of aromatic carboxylic acids is 1. The standard InChI is InChI=1S/C22H17N5O3/c28-19(13-16-3-1-2-4-18(16)22(29)30)24-17-7-5-14(6-8-17)20-25-21(27-26-20)15-9-11-23-12-10-15/h1-12H,13H2,(H,24,28)(H,29,30)(H,25,26,27). The van der Waals surface area contributed by atoms with E-state index in [2.05, 4.69) is 25.5 Å². The third-order valence-corrected chi connectivity index (χ3v) is 4.46. The smallest absolute Gasteiger partial charge is 0.335 e. The van der Waals surface area contributed by atoms with Gasteiger partial charge in [-0.2, -0.15) is 5.10 Å². The van der Waals surface area contributed by atoms with Gasteiger partial charge in [0, 0.05) is 29.2 Å². The molecule has 2 aromatic carbocycles. The maximum Gasteiger partial charge on any atom is 0.335 e. The molecule has 0 aliphatic rings. The minimum Gasteiger partial charge on any atom is -0.478 e. The van der Waals surface area contributed by atoms with E-state index in [1.165, 1.54) is 6.07 Å². The number of anilines is 1. The molecule has 8 nitrogen and oxygen atoms in total. The average molecular weight is 399 g/mol. The van der Waals surface area contributed by atoms with E-state index in [4.69, 9.17) is 0 Å². The molecule has 0 radical (unpaired) electrons. The highest BCUT2D eigenvalue weighted by atomic mass is 16.4. The predicted molar refractivity (Wildman–Crippen MR) is 111 cm³/mol. The predicted octanol–water partition coefficient (Wildman–Crippen LogP) is 3.41. The summed E-state index contributed by atoms with van der Waals surface area (Å²) in [5.74, 6) is -0.174. The van der Waals surface area contributed by atoms with Gasteiger partial charge in [0.1, 0.15) is 0 Å². The number of nitrogens with one attached hydrogen (secondary N) is 2. The van der Waals surface area contributed by atoms with Gasteiger partial charge in [-0.3, -0.25) is 14.9 Å². The molecule has 3 N–H and O–H groups in total. The van der Waals surface area contributed by atoms with E-state index in [0.717, 1.165) is 11.1 Å². The zero-order valence-corrected chi connectivity index (χ0v) is 15.7. The lowest BCUT2D eigenvalue weighted by molar-refractivity contribution is -0.115. The van der Waals surface area contributed by atoms with Crippen LogP contribution in [0.25, 0.3) is 22.8 Å². The van der Waals surface area contributed by atoms with E-state index in [1.807, 2.05) is 12.1 Å². The molecular formula is C22H17N5O3. The minimum atomic E-state index is -1.06. The lowest BCUT2D eigenvalue weighted by atomic mass is 10.0. The Hall–Kier alpha value is -4.33. The number of carbonyl (C=O) groups is 2. The van der Waals surface area contributed by atoms with E-state index in [0.29, 0.717) is 22.9 Å². The molecule has 4 aromatic rings. The lowest BCUT2D eigenvalue weighted by Gasteiger charge is -2.08. The average Bonchev–Trinajstić information content (AvgIpc) is 3.25. The van der Waals surface area contributed by atoms with Gasteiger partial charge in [0.2, 0.25) is 5.91 Å². The van der Waals surface area contributed by atoms with Crippen molar-refractivity contribution in [1.29, 1.82) is 0 Å². The van der Waals surface area contributed by atoms with Crippen molar-refractivity contribution in [3.8, 4) is 22.8 Å². The molecule has 0 bridgehead atoms. The number of aromatic nitrogens is 4. The third-order valence-electron chi connectivity index (χ3n) is 4.46. The van der Waals surface area contributed by atoms with Crippen molar-refractivity contribution in [3.05, 3.63) is 84.2 Å². The van der Waals surface area contributed by atoms with Crippen LogP contribution in [0.15, 0.2) is 73.1 Å². The fourth-order valence-electron chi connectivity index (χ4n) is 2.99. The normalized spacial score (nSPS) is 10.5.